The highest BCUT2D eigenvalue weighted by Gasteiger charge is 2.24. The van der Waals surface area contributed by atoms with Crippen molar-refractivity contribution in [3.63, 3.8) is 0 Å². The van der Waals surface area contributed by atoms with Crippen LogP contribution in [0, 0.1) is 0 Å². The molecule has 0 spiro atoms. The highest BCUT2D eigenvalue weighted by Crippen LogP contribution is 2.26. The van der Waals surface area contributed by atoms with Crippen LogP contribution in [-0.4, -0.2) is 52.9 Å². The van der Waals surface area contributed by atoms with Gasteiger partial charge in [-0.3, -0.25) is 9.59 Å². The van der Waals surface area contributed by atoms with Crippen LogP contribution < -0.4 is 10.6 Å². The van der Waals surface area contributed by atoms with Crippen LogP contribution in [0.15, 0.2) is 61.3 Å². The summed E-state index contributed by atoms with van der Waals surface area (Å²) >= 11 is 0. The summed E-state index contributed by atoms with van der Waals surface area (Å²) in [5.41, 5.74) is 3.33. The number of carbonyl (C=O) groups excluding carboxylic acids is 2. The van der Waals surface area contributed by atoms with Crippen LogP contribution in [0.2, 0.25) is 0 Å². The Bertz CT molecular complexity index is 1180. The first-order chi connectivity index (χ1) is 15.9. The van der Waals surface area contributed by atoms with Gasteiger partial charge in [-0.1, -0.05) is 24.8 Å². The number of nitrogens with one attached hydrogen (secondary N) is 2. The number of hydrogen-bond acceptors (Lipinski definition) is 5. The first-order valence-corrected chi connectivity index (χ1v) is 11.2. The predicted octanol–water partition coefficient (Wildman–Crippen LogP) is 4.02. The average molecular weight is 444 g/mol. The molecule has 0 saturated heterocycles. The van der Waals surface area contributed by atoms with E-state index in [1.807, 2.05) is 42.5 Å². The lowest BCUT2D eigenvalue weighted by atomic mass is 9.90. The molecular weight excluding hydrogens is 414 g/mol. The third kappa shape index (κ3) is 5.43. The molecular formula is C26H29N5O2. The van der Waals surface area contributed by atoms with Gasteiger partial charge in [0.25, 0.3) is 5.91 Å². The van der Waals surface area contributed by atoms with Crippen molar-refractivity contribution >= 4 is 28.4 Å². The molecule has 0 aliphatic heterocycles. The number of rotatable bonds is 6. The van der Waals surface area contributed by atoms with Gasteiger partial charge in [-0.25, -0.2) is 9.97 Å². The lowest BCUT2D eigenvalue weighted by Crippen LogP contribution is -2.42. The first kappa shape index (κ1) is 22.6. The third-order valence-electron chi connectivity index (χ3n) is 6.19. The van der Waals surface area contributed by atoms with E-state index in [-0.39, 0.29) is 23.7 Å². The molecule has 0 atom stereocenters. The molecule has 0 radical (unpaired) electrons. The van der Waals surface area contributed by atoms with Gasteiger partial charge in [0, 0.05) is 29.4 Å². The lowest BCUT2D eigenvalue weighted by molar-refractivity contribution is -0.111. The zero-order chi connectivity index (χ0) is 23.4. The van der Waals surface area contributed by atoms with Gasteiger partial charge in [0.15, 0.2) is 0 Å². The van der Waals surface area contributed by atoms with Crippen molar-refractivity contribution in [2.24, 2.45) is 0 Å². The monoisotopic (exact) mass is 443 g/mol. The van der Waals surface area contributed by atoms with E-state index in [1.165, 1.54) is 6.08 Å². The summed E-state index contributed by atoms with van der Waals surface area (Å²) in [6, 6.07) is 14.2. The number of benzene rings is 2. The Kier molecular flexibility index (Phi) is 6.79. The Balaban J connectivity index is 1.47. The first-order valence-electron chi connectivity index (χ1n) is 11.2. The van der Waals surface area contributed by atoms with Gasteiger partial charge in [-0.15, -0.1) is 0 Å². The minimum Gasteiger partial charge on any atom is -0.347 e. The smallest absolute Gasteiger partial charge is 0.289 e. The van der Waals surface area contributed by atoms with Crippen LogP contribution >= 0.6 is 0 Å². The Morgan fingerprint density at radius 1 is 1.06 bits per heavy atom. The van der Waals surface area contributed by atoms with Gasteiger partial charge in [0.05, 0.1) is 5.52 Å². The predicted molar refractivity (Wildman–Crippen MR) is 131 cm³/mol. The molecule has 1 fully saturated rings. The van der Waals surface area contributed by atoms with Gasteiger partial charge in [0.2, 0.25) is 11.7 Å². The van der Waals surface area contributed by atoms with Crippen LogP contribution in [0.25, 0.3) is 22.0 Å². The molecule has 2 amide bonds. The number of fused-ring (bicyclic) bond motifs is 1. The second-order valence-electron chi connectivity index (χ2n) is 8.68. The maximum Gasteiger partial charge on any atom is 0.289 e. The van der Waals surface area contributed by atoms with Crippen LogP contribution in [0.3, 0.4) is 0 Å². The minimum atomic E-state index is -0.254. The van der Waals surface area contributed by atoms with Gasteiger partial charge in [-0.05, 0) is 81.2 Å². The fourth-order valence-corrected chi connectivity index (χ4v) is 4.28. The maximum absolute atomic E-state index is 12.7. The SMILES string of the molecule is C=CC(=O)Nc1cccc(-c2ccc3nc(C(=O)NC4CCC(N(C)C)CC4)ncc3c2)c1. The number of anilines is 1. The highest BCUT2D eigenvalue weighted by atomic mass is 16.2. The van der Waals surface area contributed by atoms with Crippen molar-refractivity contribution in [1.82, 2.24) is 20.2 Å². The molecule has 1 saturated carbocycles. The van der Waals surface area contributed by atoms with Crippen molar-refractivity contribution in [2.75, 3.05) is 19.4 Å². The van der Waals surface area contributed by atoms with E-state index in [0.717, 1.165) is 42.2 Å². The average Bonchev–Trinajstić information content (AvgIpc) is 2.83. The highest BCUT2D eigenvalue weighted by molar-refractivity contribution is 5.99. The molecule has 1 heterocycles. The Morgan fingerprint density at radius 2 is 1.82 bits per heavy atom. The van der Waals surface area contributed by atoms with E-state index < -0.39 is 0 Å². The number of hydrogen-bond donors (Lipinski definition) is 2. The molecule has 1 aliphatic carbocycles. The normalized spacial score (nSPS) is 18.2. The molecule has 7 heteroatoms. The largest absolute Gasteiger partial charge is 0.347 e. The van der Waals surface area contributed by atoms with Gasteiger partial charge in [0.1, 0.15) is 0 Å². The molecule has 4 rings (SSSR count). The summed E-state index contributed by atoms with van der Waals surface area (Å²) < 4.78 is 0. The fourth-order valence-electron chi connectivity index (χ4n) is 4.28. The molecule has 0 bridgehead atoms. The minimum absolute atomic E-state index is 0.171. The lowest BCUT2D eigenvalue weighted by Gasteiger charge is -2.32. The van der Waals surface area contributed by atoms with Crippen LogP contribution in [0.5, 0.6) is 0 Å². The molecule has 2 N–H and O–H groups in total. The van der Waals surface area contributed by atoms with Crippen molar-refractivity contribution < 1.29 is 9.59 Å². The second kappa shape index (κ2) is 9.92. The molecule has 33 heavy (non-hydrogen) atoms. The number of nitrogens with zero attached hydrogens (tertiary/aromatic N) is 3. The number of carbonyl (C=O) groups is 2. The maximum atomic E-state index is 12.7. The molecule has 1 aromatic heterocycles. The zero-order valence-corrected chi connectivity index (χ0v) is 19.0. The van der Waals surface area contributed by atoms with E-state index in [9.17, 15) is 9.59 Å². The Morgan fingerprint density at radius 3 is 2.55 bits per heavy atom. The van der Waals surface area contributed by atoms with Crippen molar-refractivity contribution in [1.29, 1.82) is 0 Å². The molecule has 170 valence electrons. The molecule has 3 aromatic rings. The molecule has 2 aromatic carbocycles. The fraction of sp³-hybridized carbons (Fsp3) is 0.308. The summed E-state index contributed by atoms with van der Waals surface area (Å²) in [6.07, 6.45) is 7.03. The number of amides is 2. The van der Waals surface area contributed by atoms with E-state index >= 15 is 0 Å². The van der Waals surface area contributed by atoms with Gasteiger partial charge < -0.3 is 15.5 Å². The van der Waals surface area contributed by atoms with Crippen LogP contribution in [0.4, 0.5) is 5.69 Å². The van der Waals surface area contributed by atoms with Gasteiger partial charge >= 0.3 is 0 Å². The van der Waals surface area contributed by atoms with Crippen LogP contribution in [0.1, 0.15) is 36.3 Å². The summed E-state index contributed by atoms with van der Waals surface area (Å²) in [5.74, 6) is -0.283. The Hall–Kier alpha value is -3.58. The molecule has 7 nitrogen and oxygen atoms in total. The summed E-state index contributed by atoms with van der Waals surface area (Å²) in [6.45, 7) is 3.48. The van der Waals surface area contributed by atoms with E-state index in [0.29, 0.717) is 17.2 Å². The van der Waals surface area contributed by atoms with E-state index in [1.54, 1.807) is 6.20 Å². The Labute approximate surface area is 193 Å². The van der Waals surface area contributed by atoms with Crippen molar-refractivity contribution in [3.8, 4) is 11.1 Å². The number of aromatic nitrogens is 2. The van der Waals surface area contributed by atoms with Crippen molar-refractivity contribution in [3.05, 3.63) is 67.1 Å². The van der Waals surface area contributed by atoms with Crippen molar-refractivity contribution in [2.45, 2.75) is 37.8 Å². The third-order valence-corrected chi connectivity index (χ3v) is 6.19. The summed E-state index contributed by atoms with van der Waals surface area (Å²) in [4.78, 5) is 35.4. The molecule has 0 unspecified atom stereocenters. The molecule has 1 aliphatic rings. The quantitative estimate of drug-likeness (QED) is 0.562. The van der Waals surface area contributed by atoms with Crippen LogP contribution in [-0.2, 0) is 4.79 Å². The summed E-state index contributed by atoms with van der Waals surface area (Å²) in [5, 5.41) is 6.71. The summed E-state index contributed by atoms with van der Waals surface area (Å²) in [7, 11) is 4.21. The van der Waals surface area contributed by atoms with E-state index in [2.05, 4.69) is 46.2 Å². The topological polar surface area (TPSA) is 87.2 Å². The van der Waals surface area contributed by atoms with E-state index in [4.69, 9.17) is 0 Å². The second-order valence-corrected chi connectivity index (χ2v) is 8.68. The van der Waals surface area contributed by atoms with Gasteiger partial charge in [-0.2, -0.15) is 0 Å². The zero-order valence-electron chi connectivity index (χ0n) is 19.0. The standard InChI is InChI=1S/C26H29N5O2/c1-4-24(32)28-21-7-5-6-17(15-21)18-8-13-23-19(14-18)16-27-25(30-23)26(33)29-20-9-11-22(12-10-20)31(2)3/h4-8,13-16,20,22H,1,9-12H2,2-3H3,(H,28,32)(H,29,33).